The fourth-order valence-electron chi connectivity index (χ4n) is 1.98. The molecular formula is C14H28F3N3O. The lowest BCUT2D eigenvalue weighted by atomic mass is 10.2. The zero-order valence-corrected chi connectivity index (χ0v) is 13.5. The predicted octanol–water partition coefficient (Wildman–Crippen LogP) is 1.96. The van der Waals surface area contributed by atoms with Gasteiger partial charge in [0.05, 0.1) is 13.1 Å². The van der Waals surface area contributed by atoms with Crippen LogP contribution in [0.1, 0.15) is 27.7 Å². The van der Waals surface area contributed by atoms with Crippen LogP contribution in [0.25, 0.3) is 0 Å². The van der Waals surface area contributed by atoms with Crippen molar-refractivity contribution >= 4 is 5.91 Å². The number of nitrogens with one attached hydrogen (secondary N) is 1. The molecule has 0 unspecified atom stereocenters. The summed E-state index contributed by atoms with van der Waals surface area (Å²) in [4.78, 5) is 15.9. The summed E-state index contributed by atoms with van der Waals surface area (Å²) in [5.74, 6) is 0.00775. The minimum Gasteiger partial charge on any atom is -0.340 e. The standard InChI is InChI=1S/C14H28F3N3O/c1-5-19(6-2)7-8-20(10-12(3)4)13(21)9-18-11-14(15,16)17/h12,18H,5-11H2,1-4H3. The van der Waals surface area contributed by atoms with E-state index in [-0.39, 0.29) is 18.4 Å². The summed E-state index contributed by atoms with van der Waals surface area (Å²) in [6.45, 7) is 10.3. The molecule has 0 aliphatic rings. The lowest BCUT2D eigenvalue weighted by molar-refractivity contribution is -0.134. The molecule has 0 rings (SSSR count). The fraction of sp³-hybridized carbons (Fsp3) is 0.929. The average Bonchev–Trinajstić information content (AvgIpc) is 2.36. The summed E-state index contributed by atoms with van der Waals surface area (Å²) in [7, 11) is 0. The van der Waals surface area contributed by atoms with Crippen LogP contribution >= 0.6 is 0 Å². The third-order valence-electron chi connectivity index (χ3n) is 3.12. The maximum absolute atomic E-state index is 12.1. The van der Waals surface area contributed by atoms with Gasteiger partial charge < -0.3 is 15.1 Å². The maximum Gasteiger partial charge on any atom is 0.401 e. The van der Waals surface area contributed by atoms with Crippen molar-refractivity contribution in [3.63, 3.8) is 0 Å². The SMILES string of the molecule is CCN(CC)CCN(CC(C)C)C(=O)CNCC(F)(F)F. The molecule has 0 saturated carbocycles. The Morgan fingerprint density at radius 2 is 1.71 bits per heavy atom. The molecule has 1 N–H and O–H groups in total. The fourth-order valence-corrected chi connectivity index (χ4v) is 1.98. The average molecular weight is 311 g/mol. The Balaban J connectivity index is 4.35. The molecule has 0 heterocycles. The van der Waals surface area contributed by atoms with Crippen molar-refractivity contribution in [3.05, 3.63) is 0 Å². The second-order valence-electron chi connectivity index (χ2n) is 5.48. The number of halogens is 3. The number of carbonyl (C=O) groups is 1. The van der Waals surface area contributed by atoms with Crippen molar-refractivity contribution in [3.8, 4) is 0 Å². The van der Waals surface area contributed by atoms with Crippen LogP contribution in [-0.4, -0.2) is 67.7 Å². The van der Waals surface area contributed by atoms with E-state index in [0.717, 1.165) is 19.6 Å². The van der Waals surface area contributed by atoms with E-state index in [1.165, 1.54) is 0 Å². The molecular weight excluding hydrogens is 283 g/mol. The first kappa shape index (κ1) is 20.2. The second-order valence-corrected chi connectivity index (χ2v) is 5.48. The Morgan fingerprint density at radius 1 is 1.14 bits per heavy atom. The van der Waals surface area contributed by atoms with Gasteiger partial charge in [-0.25, -0.2) is 0 Å². The summed E-state index contributed by atoms with van der Waals surface area (Å²) in [6.07, 6.45) is -4.29. The van der Waals surface area contributed by atoms with Crippen molar-refractivity contribution in [1.29, 1.82) is 0 Å². The van der Waals surface area contributed by atoms with Crippen LogP contribution in [-0.2, 0) is 4.79 Å². The molecule has 1 amide bonds. The molecule has 0 aromatic heterocycles. The number of alkyl halides is 3. The number of amides is 1. The van der Waals surface area contributed by atoms with Gasteiger partial charge in [0.1, 0.15) is 0 Å². The Morgan fingerprint density at radius 3 is 2.14 bits per heavy atom. The van der Waals surface area contributed by atoms with Crippen LogP contribution in [0.3, 0.4) is 0 Å². The predicted molar refractivity (Wildman–Crippen MR) is 78.1 cm³/mol. The third kappa shape index (κ3) is 10.5. The highest BCUT2D eigenvalue weighted by molar-refractivity contribution is 5.78. The molecule has 0 aromatic carbocycles. The number of likely N-dealkylation sites (N-methyl/N-ethyl adjacent to an activating group) is 1. The Bertz CT molecular complexity index is 292. The highest BCUT2D eigenvalue weighted by atomic mass is 19.4. The van der Waals surface area contributed by atoms with Gasteiger partial charge in [-0.3, -0.25) is 4.79 Å². The van der Waals surface area contributed by atoms with Gasteiger partial charge in [0, 0.05) is 19.6 Å². The molecule has 21 heavy (non-hydrogen) atoms. The third-order valence-corrected chi connectivity index (χ3v) is 3.12. The van der Waals surface area contributed by atoms with Crippen LogP contribution in [0.2, 0.25) is 0 Å². The van der Waals surface area contributed by atoms with E-state index >= 15 is 0 Å². The van der Waals surface area contributed by atoms with Gasteiger partial charge in [-0.05, 0) is 19.0 Å². The van der Waals surface area contributed by atoms with E-state index in [1.54, 1.807) is 4.90 Å². The Hall–Kier alpha value is -0.820. The first-order valence-electron chi connectivity index (χ1n) is 7.47. The normalized spacial score (nSPS) is 12.2. The lowest BCUT2D eigenvalue weighted by Gasteiger charge is -2.28. The molecule has 0 atom stereocenters. The first-order chi connectivity index (χ1) is 9.69. The molecule has 0 saturated heterocycles. The van der Waals surface area contributed by atoms with E-state index in [1.807, 2.05) is 27.7 Å². The van der Waals surface area contributed by atoms with E-state index in [9.17, 15) is 18.0 Å². The minimum atomic E-state index is -4.29. The molecule has 0 fully saturated rings. The molecule has 0 radical (unpaired) electrons. The number of nitrogens with zero attached hydrogens (tertiary/aromatic N) is 2. The van der Waals surface area contributed by atoms with Gasteiger partial charge in [-0.1, -0.05) is 27.7 Å². The zero-order chi connectivity index (χ0) is 16.5. The largest absolute Gasteiger partial charge is 0.401 e. The molecule has 7 heteroatoms. The molecule has 0 aromatic rings. The molecule has 0 aliphatic carbocycles. The van der Waals surface area contributed by atoms with E-state index < -0.39 is 12.7 Å². The molecule has 0 aliphatic heterocycles. The second kappa shape index (κ2) is 10.00. The highest BCUT2D eigenvalue weighted by Crippen LogP contribution is 2.12. The van der Waals surface area contributed by atoms with E-state index in [2.05, 4.69) is 10.2 Å². The summed E-state index contributed by atoms with van der Waals surface area (Å²) < 4.78 is 36.2. The summed E-state index contributed by atoms with van der Waals surface area (Å²) in [5.41, 5.74) is 0. The summed E-state index contributed by atoms with van der Waals surface area (Å²) >= 11 is 0. The van der Waals surface area contributed by atoms with Crippen molar-refractivity contribution in [2.45, 2.75) is 33.9 Å². The minimum absolute atomic E-state index is 0.273. The van der Waals surface area contributed by atoms with Crippen LogP contribution < -0.4 is 5.32 Å². The van der Waals surface area contributed by atoms with Gasteiger partial charge in [0.15, 0.2) is 0 Å². The van der Waals surface area contributed by atoms with E-state index in [4.69, 9.17) is 0 Å². The number of rotatable bonds is 10. The summed E-state index contributed by atoms with van der Waals surface area (Å²) in [6, 6.07) is 0. The van der Waals surface area contributed by atoms with Crippen LogP contribution in [0.15, 0.2) is 0 Å². The van der Waals surface area contributed by atoms with Crippen molar-refractivity contribution in [2.24, 2.45) is 5.92 Å². The van der Waals surface area contributed by atoms with Gasteiger partial charge in [-0.15, -0.1) is 0 Å². The zero-order valence-electron chi connectivity index (χ0n) is 13.5. The van der Waals surface area contributed by atoms with Gasteiger partial charge in [0.2, 0.25) is 5.91 Å². The Kier molecular flexibility index (Phi) is 9.61. The highest BCUT2D eigenvalue weighted by Gasteiger charge is 2.27. The molecule has 0 bridgehead atoms. The molecule has 0 spiro atoms. The topological polar surface area (TPSA) is 35.6 Å². The van der Waals surface area contributed by atoms with Crippen molar-refractivity contribution in [2.75, 3.05) is 45.8 Å². The van der Waals surface area contributed by atoms with Gasteiger partial charge in [-0.2, -0.15) is 13.2 Å². The van der Waals surface area contributed by atoms with Gasteiger partial charge in [0.25, 0.3) is 0 Å². The number of hydrogen-bond acceptors (Lipinski definition) is 3. The molecule has 126 valence electrons. The van der Waals surface area contributed by atoms with Gasteiger partial charge >= 0.3 is 6.18 Å². The first-order valence-corrected chi connectivity index (χ1v) is 7.47. The lowest BCUT2D eigenvalue weighted by Crippen LogP contribution is -2.45. The van der Waals surface area contributed by atoms with E-state index in [0.29, 0.717) is 13.1 Å². The van der Waals surface area contributed by atoms with Crippen molar-refractivity contribution in [1.82, 2.24) is 15.1 Å². The smallest absolute Gasteiger partial charge is 0.340 e. The number of carbonyl (C=O) groups excluding carboxylic acids is 1. The maximum atomic E-state index is 12.1. The van der Waals surface area contributed by atoms with Crippen molar-refractivity contribution < 1.29 is 18.0 Å². The number of hydrogen-bond donors (Lipinski definition) is 1. The van der Waals surface area contributed by atoms with Crippen LogP contribution in [0.5, 0.6) is 0 Å². The van der Waals surface area contributed by atoms with Crippen LogP contribution in [0, 0.1) is 5.92 Å². The Labute approximate surface area is 125 Å². The monoisotopic (exact) mass is 311 g/mol. The van der Waals surface area contributed by atoms with Crippen LogP contribution in [0.4, 0.5) is 13.2 Å². The quantitative estimate of drug-likeness (QED) is 0.670. The summed E-state index contributed by atoms with van der Waals surface area (Å²) in [5, 5.41) is 2.16. The molecule has 4 nitrogen and oxygen atoms in total.